The fourth-order valence-corrected chi connectivity index (χ4v) is 1.90. The maximum Gasteiger partial charge on any atom is 0.254 e. The van der Waals surface area contributed by atoms with E-state index in [1.807, 2.05) is 13.0 Å². The molecule has 0 spiro atoms. The van der Waals surface area contributed by atoms with Gasteiger partial charge in [0.15, 0.2) is 0 Å². The van der Waals surface area contributed by atoms with Crippen molar-refractivity contribution in [1.82, 2.24) is 4.90 Å². The Morgan fingerprint density at radius 3 is 2.62 bits per heavy atom. The van der Waals surface area contributed by atoms with Gasteiger partial charge in [0.25, 0.3) is 5.91 Å². The first-order valence-electron chi connectivity index (χ1n) is 6.77. The van der Waals surface area contributed by atoms with Crippen LogP contribution in [0.25, 0.3) is 0 Å². The minimum atomic E-state index is -0.541. The summed E-state index contributed by atoms with van der Waals surface area (Å²) in [5.74, 6) is 4.94. The minimum absolute atomic E-state index is 0.00677. The maximum absolute atomic E-state index is 12.4. The average molecular weight is 288 g/mol. The number of amides is 2. The molecule has 0 fully saturated rings. The number of primary amides is 1. The van der Waals surface area contributed by atoms with Crippen LogP contribution in [-0.2, 0) is 4.79 Å². The highest BCUT2D eigenvalue weighted by molar-refractivity contribution is 5.96. The standard InChI is InChI=1S/C16H20N2O3/c1-3-18(11-15(17)20)16(21)14-9-12(2)8-13(10-14)6-4-5-7-19/h8-10,19H,3,5,7,11H2,1-2H3,(H2,17,20). The number of rotatable bonds is 5. The molecular formula is C16H20N2O3. The quantitative estimate of drug-likeness (QED) is 0.781. The molecule has 0 bridgehead atoms. The molecule has 0 aliphatic heterocycles. The molecular weight excluding hydrogens is 268 g/mol. The molecule has 5 nitrogen and oxygen atoms in total. The van der Waals surface area contributed by atoms with Gasteiger partial charge in [0.2, 0.25) is 5.91 Å². The van der Waals surface area contributed by atoms with E-state index in [4.69, 9.17) is 10.8 Å². The van der Waals surface area contributed by atoms with Gasteiger partial charge in [-0.1, -0.05) is 11.8 Å². The highest BCUT2D eigenvalue weighted by Crippen LogP contribution is 2.12. The van der Waals surface area contributed by atoms with E-state index in [-0.39, 0.29) is 19.1 Å². The number of aliphatic hydroxyl groups is 1. The number of likely N-dealkylation sites (N-methyl/N-ethyl adjacent to an activating group) is 1. The summed E-state index contributed by atoms with van der Waals surface area (Å²) in [5, 5.41) is 8.72. The van der Waals surface area contributed by atoms with Gasteiger partial charge in [-0.15, -0.1) is 0 Å². The summed E-state index contributed by atoms with van der Waals surface area (Å²) in [6.45, 7) is 3.97. The third-order valence-electron chi connectivity index (χ3n) is 2.81. The molecule has 0 radical (unpaired) electrons. The van der Waals surface area contributed by atoms with E-state index >= 15 is 0 Å². The van der Waals surface area contributed by atoms with Crippen LogP contribution in [0.4, 0.5) is 0 Å². The second kappa shape index (κ2) is 8.08. The number of hydrogen-bond acceptors (Lipinski definition) is 3. The lowest BCUT2D eigenvalue weighted by molar-refractivity contribution is -0.118. The van der Waals surface area contributed by atoms with Crippen molar-refractivity contribution in [3.8, 4) is 11.8 Å². The Morgan fingerprint density at radius 2 is 2.05 bits per heavy atom. The van der Waals surface area contributed by atoms with Crippen molar-refractivity contribution in [2.24, 2.45) is 5.73 Å². The molecule has 0 unspecified atom stereocenters. The fraction of sp³-hybridized carbons (Fsp3) is 0.375. The fourth-order valence-electron chi connectivity index (χ4n) is 1.90. The normalized spacial score (nSPS) is 9.67. The summed E-state index contributed by atoms with van der Waals surface area (Å²) in [4.78, 5) is 24.8. The van der Waals surface area contributed by atoms with E-state index in [0.29, 0.717) is 24.1 Å². The van der Waals surface area contributed by atoms with E-state index in [2.05, 4.69) is 11.8 Å². The van der Waals surface area contributed by atoms with E-state index in [1.54, 1.807) is 19.1 Å². The van der Waals surface area contributed by atoms with Crippen molar-refractivity contribution in [1.29, 1.82) is 0 Å². The topological polar surface area (TPSA) is 83.6 Å². The number of nitrogens with zero attached hydrogens (tertiary/aromatic N) is 1. The first kappa shape index (κ1) is 16.7. The maximum atomic E-state index is 12.4. The minimum Gasteiger partial charge on any atom is -0.395 e. The third-order valence-corrected chi connectivity index (χ3v) is 2.81. The summed E-state index contributed by atoms with van der Waals surface area (Å²) in [6, 6.07) is 5.30. The van der Waals surface area contributed by atoms with Crippen molar-refractivity contribution in [3.63, 3.8) is 0 Å². The van der Waals surface area contributed by atoms with Crippen molar-refractivity contribution < 1.29 is 14.7 Å². The summed E-state index contributed by atoms with van der Waals surface area (Å²) < 4.78 is 0. The Labute approximate surface area is 124 Å². The van der Waals surface area contributed by atoms with Crippen LogP contribution in [0.3, 0.4) is 0 Å². The smallest absolute Gasteiger partial charge is 0.254 e. The van der Waals surface area contributed by atoms with Gasteiger partial charge in [0.1, 0.15) is 0 Å². The Morgan fingerprint density at radius 1 is 1.33 bits per heavy atom. The van der Waals surface area contributed by atoms with Gasteiger partial charge >= 0.3 is 0 Å². The molecule has 1 aromatic rings. The second-order valence-corrected chi connectivity index (χ2v) is 4.65. The van der Waals surface area contributed by atoms with Crippen molar-refractivity contribution in [2.45, 2.75) is 20.3 Å². The summed E-state index contributed by atoms with van der Waals surface area (Å²) in [6.07, 6.45) is 0.389. The molecule has 21 heavy (non-hydrogen) atoms. The van der Waals surface area contributed by atoms with Gasteiger partial charge in [0, 0.05) is 24.1 Å². The first-order valence-corrected chi connectivity index (χ1v) is 6.77. The van der Waals surface area contributed by atoms with Crippen LogP contribution in [0.15, 0.2) is 18.2 Å². The molecule has 0 aliphatic rings. The molecule has 112 valence electrons. The van der Waals surface area contributed by atoms with Gasteiger partial charge in [0.05, 0.1) is 13.2 Å². The average Bonchev–Trinajstić information content (AvgIpc) is 2.43. The van der Waals surface area contributed by atoms with Crippen LogP contribution in [0.2, 0.25) is 0 Å². The summed E-state index contributed by atoms with van der Waals surface area (Å²) in [7, 11) is 0. The predicted molar refractivity (Wildman–Crippen MR) is 80.5 cm³/mol. The van der Waals surface area contributed by atoms with Crippen molar-refractivity contribution in [2.75, 3.05) is 19.7 Å². The Bertz CT molecular complexity index is 585. The molecule has 2 amide bonds. The van der Waals surface area contributed by atoms with Crippen LogP contribution >= 0.6 is 0 Å². The van der Waals surface area contributed by atoms with Gasteiger partial charge in [-0.25, -0.2) is 0 Å². The largest absolute Gasteiger partial charge is 0.395 e. The van der Waals surface area contributed by atoms with Gasteiger partial charge < -0.3 is 15.7 Å². The predicted octanol–water partition coefficient (Wildman–Crippen LogP) is 0.676. The van der Waals surface area contributed by atoms with Gasteiger partial charge in [-0.3, -0.25) is 9.59 Å². The molecule has 1 aromatic carbocycles. The first-order chi connectivity index (χ1) is 9.97. The number of aryl methyl sites for hydroxylation is 1. The van der Waals surface area contributed by atoms with E-state index in [0.717, 1.165) is 5.56 Å². The van der Waals surface area contributed by atoms with Crippen LogP contribution in [0, 0.1) is 18.8 Å². The zero-order chi connectivity index (χ0) is 15.8. The third kappa shape index (κ3) is 5.28. The Kier molecular flexibility index (Phi) is 6.44. The highest BCUT2D eigenvalue weighted by Gasteiger charge is 2.16. The molecule has 1 rings (SSSR count). The number of carbonyl (C=O) groups excluding carboxylic acids is 2. The number of hydrogen-bond donors (Lipinski definition) is 2. The number of nitrogens with two attached hydrogens (primary N) is 1. The summed E-state index contributed by atoms with van der Waals surface area (Å²) >= 11 is 0. The number of benzene rings is 1. The SMILES string of the molecule is CCN(CC(N)=O)C(=O)c1cc(C)cc(C#CCCO)c1. The van der Waals surface area contributed by atoms with Gasteiger partial charge in [-0.2, -0.15) is 0 Å². The van der Waals surface area contributed by atoms with E-state index in [1.165, 1.54) is 4.90 Å². The molecule has 0 heterocycles. The second-order valence-electron chi connectivity index (χ2n) is 4.65. The molecule has 0 atom stereocenters. The van der Waals surface area contributed by atoms with Crippen molar-refractivity contribution >= 4 is 11.8 Å². The molecule has 0 saturated heterocycles. The monoisotopic (exact) mass is 288 g/mol. The molecule has 3 N–H and O–H groups in total. The Hall–Kier alpha value is -2.32. The zero-order valence-electron chi connectivity index (χ0n) is 12.3. The van der Waals surface area contributed by atoms with E-state index < -0.39 is 5.91 Å². The lowest BCUT2D eigenvalue weighted by atomic mass is 10.1. The van der Waals surface area contributed by atoms with Crippen LogP contribution in [0.1, 0.15) is 34.8 Å². The number of aliphatic hydroxyl groups excluding tert-OH is 1. The highest BCUT2D eigenvalue weighted by atomic mass is 16.2. The van der Waals surface area contributed by atoms with Crippen LogP contribution in [-0.4, -0.2) is 41.5 Å². The molecule has 5 heteroatoms. The summed E-state index contributed by atoms with van der Waals surface area (Å²) in [5.41, 5.74) is 7.24. The Balaban J connectivity index is 3.04. The lowest BCUT2D eigenvalue weighted by Crippen LogP contribution is -2.38. The lowest BCUT2D eigenvalue weighted by Gasteiger charge is -2.19. The van der Waals surface area contributed by atoms with E-state index in [9.17, 15) is 9.59 Å². The van der Waals surface area contributed by atoms with Gasteiger partial charge in [-0.05, 0) is 37.6 Å². The zero-order valence-corrected chi connectivity index (χ0v) is 12.3. The van der Waals surface area contributed by atoms with Crippen LogP contribution in [0.5, 0.6) is 0 Å². The van der Waals surface area contributed by atoms with Crippen molar-refractivity contribution in [3.05, 3.63) is 34.9 Å². The number of carbonyl (C=O) groups is 2. The molecule has 0 aromatic heterocycles. The van der Waals surface area contributed by atoms with Crippen LogP contribution < -0.4 is 5.73 Å². The molecule has 0 saturated carbocycles. The molecule has 0 aliphatic carbocycles.